The van der Waals surface area contributed by atoms with Crippen molar-refractivity contribution in [3.63, 3.8) is 0 Å². The van der Waals surface area contributed by atoms with Crippen molar-refractivity contribution >= 4 is 64.1 Å². The van der Waals surface area contributed by atoms with Gasteiger partial charge in [-0.05, 0) is 67.1 Å². The van der Waals surface area contributed by atoms with Crippen molar-refractivity contribution in [1.82, 2.24) is 4.90 Å². The van der Waals surface area contributed by atoms with Gasteiger partial charge < -0.3 is 5.11 Å². The number of phenolic OH excluding ortho intramolecular Hbond substituents is 1. The molecule has 1 N–H and O–H groups in total. The number of aromatic hydroxyl groups is 1. The van der Waals surface area contributed by atoms with Gasteiger partial charge in [-0.3, -0.25) is 24.1 Å². The number of hydrogen-bond donors (Lipinski definition) is 1. The Morgan fingerprint density at radius 2 is 1.70 bits per heavy atom. The molecule has 2 aromatic rings. The van der Waals surface area contributed by atoms with E-state index in [0.717, 1.165) is 17.0 Å². The van der Waals surface area contributed by atoms with E-state index in [2.05, 4.69) is 0 Å². The van der Waals surface area contributed by atoms with Crippen molar-refractivity contribution < 1.29 is 28.7 Å². The lowest BCUT2D eigenvalue weighted by Gasteiger charge is -2.50. The smallest absolute Gasteiger partial charge is 0.258 e. The molecule has 0 spiro atoms. The highest BCUT2D eigenvalue weighted by Gasteiger charge is 2.76. The molecule has 11 heteroatoms. The number of likely N-dealkylation sites (tertiary alicyclic amines) is 1. The summed E-state index contributed by atoms with van der Waals surface area (Å²) in [5, 5.41) is 10.1. The number of fused-ring (bicyclic) bond motifs is 4. The summed E-state index contributed by atoms with van der Waals surface area (Å²) < 4.78 is 13.7. The molecule has 4 amide bonds. The summed E-state index contributed by atoms with van der Waals surface area (Å²) >= 11 is 21.1. The Hall–Kier alpha value is -2.94. The highest BCUT2D eigenvalue weighted by Crippen LogP contribution is 2.66. The van der Waals surface area contributed by atoms with Gasteiger partial charge in [-0.25, -0.2) is 9.29 Å². The van der Waals surface area contributed by atoms with Crippen LogP contribution in [0, 0.1) is 23.6 Å². The molecule has 2 aromatic carbocycles. The first-order valence-corrected chi connectivity index (χ1v) is 14.1. The third-order valence-corrected chi connectivity index (χ3v) is 10.5. The predicted octanol–water partition coefficient (Wildman–Crippen LogP) is 5.16. The van der Waals surface area contributed by atoms with Crippen LogP contribution in [0.25, 0.3) is 0 Å². The van der Waals surface area contributed by atoms with Gasteiger partial charge in [-0.1, -0.05) is 36.2 Å². The fourth-order valence-corrected chi connectivity index (χ4v) is 8.21. The Labute approximate surface area is 244 Å². The van der Waals surface area contributed by atoms with Crippen molar-refractivity contribution in [2.45, 2.75) is 41.9 Å². The fourth-order valence-electron chi connectivity index (χ4n) is 7.00. The molecule has 6 atom stereocenters. The number of benzene rings is 2. The van der Waals surface area contributed by atoms with Gasteiger partial charge in [0.2, 0.25) is 11.8 Å². The number of anilines is 1. The molecule has 2 heterocycles. The molecular weight excluding hydrogens is 582 g/mol. The van der Waals surface area contributed by atoms with Crippen LogP contribution in [0.1, 0.15) is 37.7 Å². The zero-order chi connectivity index (χ0) is 28.7. The molecule has 7 nitrogen and oxygen atoms in total. The van der Waals surface area contributed by atoms with Gasteiger partial charge in [0, 0.05) is 17.5 Å². The van der Waals surface area contributed by atoms with E-state index in [-0.39, 0.29) is 47.7 Å². The Bertz CT molecular complexity index is 1510. The molecule has 40 heavy (non-hydrogen) atoms. The maximum Gasteiger partial charge on any atom is 0.258 e. The van der Waals surface area contributed by atoms with Crippen LogP contribution < -0.4 is 4.90 Å². The fraction of sp³-hybridized carbons (Fsp3) is 0.379. The van der Waals surface area contributed by atoms with E-state index in [1.165, 1.54) is 35.2 Å². The number of imide groups is 2. The first kappa shape index (κ1) is 27.2. The number of hydrogen-bond acceptors (Lipinski definition) is 5. The van der Waals surface area contributed by atoms with Crippen LogP contribution >= 0.6 is 34.8 Å². The summed E-state index contributed by atoms with van der Waals surface area (Å²) in [6.45, 7) is 2.15. The van der Waals surface area contributed by atoms with Gasteiger partial charge in [0.1, 0.15) is 11.6 Å². The average molecular weight is 606 g/mol. The van der Waals surface area contributed by atoms with Crippen molar-refractivity contribution in [3.8, 4) is 5.75 Å². The molecule has 6 rings (SSSR count). The number of alkyl halides is 2. The molecule has 3 fully saturated rings. The van der Waals surface area contributed by atoms with E-state index < -0.39 is 51.1 Å². The quantitative estimate of drug-likeness (QED) is 0.295. The van der Waals surface area contributed by atoms with Crippen LogP contribution in [0.5, 0.6) is 5.75 Å². The number of nitrogens with zero attached hydrogens (tertiary/aromatic N) is 2. The molecular formula is C29H24Cl3FN2O5. The summed E-state index contributed by atoms with van der Waals surface area (Å²) in [5.41, 5.74) is 1.04. The molecule has 2 saturated heterocycles. The lowest BCUT2D eigenvalue weighted by atomic mass is 9.56. The van der Waals surface area contributed by atoms with E-state index in [0.29, 0.717) is 17.6 Å². The Kier molecular flexibility index (Phi) is 6.33. The van der Waals surface area contributed by atoms with Crippen molar-refractivity contribution in [3.05, 3.63) is 70.5 Å². The van der Waals surface area contributed by atoms with Gasteiger partial charge in [0.25, 0.3) is 11.8 Å². The second-order valence-corrected chi connectivity index (χ2v) is 12.4. The normalized spacial score (nSPS) is 33.2. The van der Waals surface area contributed by atoms with Gasteiger partial charge in [0.05, 0.1) is 17.5 Å². The summed E-state index contributed by atoms with van der Waals surface area (Å²) in [6.07, 6.45) is 2.49. The number of amides is 4. The maximum absolute atomic E-state index is 14.2. The Morgan fingerprint density at radius 3 is 2.35 bits per heavy atom. The largest absolute Gasteiger partial charge is 0.508 e. The average Bonchev–Trinajstić information content (AvgIpc) is 3.24. The monoisotopic (exact) mass is 604 g/mol. The SMILES string of the molecule is CCCN1C(=O)C2CC=C3C(CC4(Cl)C(=O)N(c5ccc(F)cc5)C(=O)C4(Cl)C3c3ccc(O)cc3Cl)C2C1=O. The van der Waals surface area contributed by atoms with Crippen molar-refractivity contribution in [1.29, 1.82) is 0 Å². The second-order valence-electron chi connectivity index (χ2n) is 10.8. The first-order chi connectivity index (χ1) is 19.0. The molecule has 4 aliphatic rings. The van der Waals surface area contributed by atoms with E-state index in [1.807, 2.05) is 13.0 Å². The summed E-state index contributed by atoms with van der Waals surface area (Å²) in [7, 11) is 0. The van der Waals surface area contributed by atoms with E-state index in [9.17, 15) is 28.7 Å². The lowest BCUT2D eigenvalue weighted by molar-refractivity contribution is -0.140. The third-order valence-electron chi connectivity index (χ3n) is 8.73. The number of phenols is 1. The van der Waals surface area contributed by atoms with Gasteiger partial charge in [-0.2, -0.15) is 0 Å². The van der Waals surface area contributed by atoms with E-state index in [4.69, 9.17) is 34.8 Å². The number of carbonyl (C=O) groups excluding carboxylic acids is 4. The number of halogens is 4. The molecule has 208 valence electrons. The van der Waals surface area contributed by atoms with Crippen molar-refractivity contribution in [2.24, 2.45) is 17.8 Å². The Morgan fingerprint density at radius 1 is 1.00 bits per heavy atom. The summed E-state index contributed by atoms with van der Waals surface area (Å²) in [4.78, 5) is 53.2. The molecule has 0 aromatic heterocycles. The zero-order valence-corrected chi connectivity index (χ0v) is 23.5. The Balaban J connectivity index is 1.56. The van der Waals surface area contributed by atoms with Crippen LogP contribution in [0.4, 0.5) is 10.1 Å². The minimum atomic E-state index is -2.08. The second kappa shape index (κ2) is 9.29. The number of carbonyl (C=O) groups is 4. The molecule has 2 aliphatic heterocycles. The topological polar surface area (TPSA) is 95.0 Å². The zero-order valence-electron chi connectivity index (χ0n) is 21.2. The minimum absolute atomic E-state index is 0.0923. The molecule has 6 unspecified atom stereocenters. The molecule has 0 bridgehead atoms. The molecule has 1 saturated carbocycles. The third kappa shape index (κ3) is 3.48. The molecule has 2 aliphatic carbocycles. The van der Waals surface area contributed by atoms with Crippen LogP contribution in [0.15, 0.2) is 54.1 Å². The van der Waals surface area contributed by atoms with Crippen LogP contribution in [0.2, 0.25) is 5.02 Å². The van der Waals surface area contributed by atoms with Gasteiger partial charge >= 0.3 is 0 Å². The van der Waals surface area contributed by atoms with Crippen LogP contribution in [0.3, 0.4) is 0 Å². The summed E-state index contributed by atoms with van der Waals surface area (Å²) in [5.74, 6) is -6.03. The number of allylic oxidation sites excluding steroid dienone is 2. The standard InChI is InChI=1S/C29H24Cl3FN2O5/c1-2-11-34-24(37)19-10-9-17-20(22(19)25(34)38)13-28(31)26(39)35(15-5-3-14(33)4-6-15)27(40)29(28,32)23(17)18-8-7-16(36)12-21(18)30/h3-9,12,19-20,22-23,36H,2,10-11,13H2,1H3. The van der Waals surface area contributed by atoms with Crippen LogP contribution in [-0.2, 0) is 19.2 Å². The van der Waals surface area contributed by atoms with Gasteiger partial charge in [-0.15, -0.1) is 23.2 Å². The van der Waals surface area contributed by atoms with Crippen molar-refractivity contribution in [2.75, 3.05) is 11.4 Å². The highest BCUT2D eigenvalue weighted by molar-refractivity contribution is 6.58. The van der Waals surface area contributed by atoms with E-state index in [1.54, 1.807) is 0 Å². The number of rotatable bonds is 4. The van der Waals surface area contributed by atoms with Gasteiger partial charge in [0.15, 0.2) is 9.75 Å². The predicted molar refractivity (Wildman–Crippen MR) is 147 cm³/mol. The van der Waals surface area contributed by atoms with E-state index >= 15 is 0 Å². The molecule has 0 radical (unpaired) electrons. The highest BCUT2D eigenvalue weighted by atomic mass is 35.5. The lowest BCUT2D eigenvalue weighted by Crippen LogP contribution is -2.60. The van der Waals surface area contributed by atoms with Crippen LogP contribution in [-0.4, -0.2) is 49.9 Å². The maximum atomic E-state index is 14.2. The minimum Gasteiger partial charge on any atom is -0.508 e. The summed E-state index contributed by atoms with van der Waals surface area (Å²) in [6, 6.07) is 9.01. The first-order valence-electron chi connectivity index (χ1n) is 13.0.